The zero-order valence-corrected chi connectivity index (χ0v) is 34.4. The van der Waals surface area contributed by atoms with Crippen molar-refractivity contribution >= 4 is 60.8 Å². The first-order chi connectivity index (χ1) is 31.2. The Balaban J connectivity index is 0.00000456. The molecule has 3 nitrogen and oxygen atoms in total. The van der Waals surface area contributed by atoms with Gasteiger partial charge in [-0.15, -0.1) is 0 Å². The highest BCUT2D eigenvalue weighted by Crippen LogP contribution is 2.42. The molecule has 0 unspecified atom stereocenters. The summed E-state index contributed by atoms with van der Waals surface area (Å²) in [5.41, 5.74) is 17.9. The molecule has 0 N–H and O–H groups in total. The molecule has 0 bridgehead atoms. The van der Waals surface area contributed by atoms with Crippen LogP contribution in [0.3, 0.4) is 0 Å². The van der Waals surface area contributed by atoms with Gasteiger partial charge in [0.05, 0.1) is 11.0 Å². The average molecular weight is 821 g/mol. The molecule has 64 heavy (non-hydrogen) atoms. The highest BCUT2D eigenvalue weighted by atomic mass is 16.3. The molecular formula is C61H44N2O. The minimum Gasteiger partial charge on any atom is -0.456 e. The summed E-state index contributed by atoms with van der Waals surface area (Å²) in [6, 6.07) is 87.0. The SMILES string of the molecule is C.c1ccc(-c2ccc(N(c3ccc(-c4ccccc4)cc3)c3ccc(-c4cccc5oc6ccc(-c7ccc8c(c7)c7ccccc7n8-c7ccccc7)cc6c45)cc3)cc2)cc1. The molecule has 2 heterocycles. The topological polar surface area (TPSA) is 21.3 Å². The number of anilines is 3. The molecule has 0 amide bonds. The molecule has 3 heteroatoms. The van der Waals surface area contributed by atoms with E-state index in [-0.39, 0.29) is 7.43 Å². The van der Waals surface area contributed by atoms with Crippen LogP contribution in [0.4, 0.5) is 17.1 Å². The molecule has 0 saturated heterocycles. The van der Waals surface area contributed by atoms with Gasteiger partial charge in [-0.25, -0.2) is 0 Å². The molecule has 0 atom stereocenters. The van der Waals surface area contributed by atoms with Crippen molar-refractivity contribution in [3.8, 4) is 50.2 Å². The average Bonchev–Trinajstić information content (AvgIpc) is 3.91. The summed E-state index contributed by atoms with van der Waals surface area (Å²) in [5, 5.41) is 4.70. The van der Waals surface area contributed by atoms with Crippen LogP contribution in [0.5, 0.6) is 0 Å². The maximum Gasteiger partial charge on any atom is 0.136 e. The smallest absolute Gasteiger partial charge is 0.136 e. The van der Waals surface area contributed by atoms with Crippen molar-refractivity contribution in [2.75, 3.05) is 4.90 Å². The Morgan fingerprint density at radius 3 is 1.39 bits per heavy atom. The maximum atomic E-state index is 6.53. The van der Waals surface area contributed by atoms with E-state index < -0.39 is 0 Å². The van der Waals surface area contributed by atoms with Gasteiger partial charge in [0.15, 0.2) is 0 Å². The van der Waals surface area contributed by atoms with Crippen molar-refractivity contribution < 1.29 is 4.42 Å². The summed E-state index contributed by atoms with van der Waals surface area (Å²) in [4.78, 5) is 2.33. The van der Waals surface area contributed by atoms with Crippen LogP contribution in [0, 0.1) is 0 Å². The van der Waals surface area contributed by atoms with E-state index in [0.29, 0.717) is 0 Å². The molecule has 12 rings (SSSR count). The Hall–Kier alpha value is -8.40. The fraction of sp³-hybridized carbons (Fsp3) is 0.0164. The van der Waals surface area contributed by atoms with Crippen molar-refractivity contribution in [2.24, 2.45) is 0 Å². The molecule has 0 radical (unpaired) electrons. The molecule has 0 spiro atoms. The molecule has 10 aromatic carbocycles. The van der Waals surface area contributed by atoms with Gasteiger partial charge < -0.3 is 13.9 Å². The number of fused-ring (bicyclic) bond motifs is 6. The number of hydrogen-bond acceptors (Lipinski definition) is 2. The Bertz CT molecular complexity index is 3490. The van der Waals surface area contributed by atoms with Gasteiger partial charge in [-0.1, -0.05) is 165 Å². The normalized spacial score (nSPS) is 11.3. The fourth-order valence-electron chi connectivity index (χ4n) is 9.36. The van der Waals surface area contributed by atoms with Crippen LogP contribution in [0.25, 0.3) is 93.9 Å². The van der Waals surface area contributed by atoms with Gasteiger partial charge in [-0.2, -0.15) is 0 Å². The number of benzene rings is 10. The molecule has 0 fully saturated rings. The van der Waals surface area contributed by atoms with Gasteiger partial charge in [0.25, 0.3) is 0 Å². The van der Waals surface area contributed by atoms with Gasteiger partial charge in [-0.3, -0.25) is 0 Å². The lowest BCUT2D eigenvalue weighted by Gasteiger charge is -2.26. The predicted octanol–water partition coefficient (Wildman–Crippen LogP) is 17.5. The second-order valence-electron chi connectivity index (χ2n) is 16.1. The Labute approximate surface area is 373 Å². The molecule has 0 aliphatic rings. The van der Waals surface area contributed by atoms with Crippen LogP contribution in [-0.2, 0) is 0 Å². The van der Waals surface area contributed by atoms with E-state index in [1.165, 1.54) is 49.6 Å². The highest BCUT2D eigenvalue weighted by molar-refractivity contribution is 6.14. The van der Waals surface area contributed by atoms with E-state index in [1.807, 2.05) is 0 Å². The van der Waals surface area contributed by atoms with Gasteiger partial charge in [0, 0.05) is 44.3 Å². The molecule has 0 saturated carbocycles. The number of nitrogens with zero attached hydrogens (tertiary/aromatic N) is 2. The third kappa shape index (κ3) is 6.72. The Morgan fingerprint density at radius 2 is 0.781 bits per heavy atom. The number of aromatic nitrogens is 1. The van der Waals surface area contributed by atoms with Crippen molar-refractivity contribution in [1.82, 2.24) is 4.57 Å². The lowest BCUT2D eigenvalue weighted by atomic mass is 9.96. The Morgan fingerprint density at radius 1 is 0.312 bits per heavy atom. The number of rotatable bonds is 8. The van der Waals surface area contributed by atoms with Crippen molar-refractivity contribution in [3.05, 3.63) is 243 Å². The van der Waals surface area contributed by atoms with Crippen LogP contribution in [0.1, 0.15) is 7.43 Å². The standard InChI is InChI=1S/C60H40N2O.CH4/c1-4-13-41(14-5-1)43-23-31-49(32-24-43)61(50-33-25-44(26-34-50)42-15-6-2-7-16-42)51-35-27-45(28-36-51)52-20-12-22-59-60(52)55-40-47(30-38-58(55)63-59)46-29-37-57-54(39-46)53-19-10-11-21-56(53)62(57)48-17-8-3-9-18-48;/h1-40H;1H4. The zero-order valence-electron chi connectivity index (χ0n) is 34.4. The number of para-hydroxylation sites is 2. The van der Waals surface area contributed by atoms with Crippen LogP contribution in [0.15, 0.2) is 247 Å². The molecular weight excluding hydrogens is 777 g/mol. The molecule has 2 aromatic heterocycles. The third-order valence-corrected chi connectivity index (χ3v) is 12.4. The summed E-state index contributed by atoms with van der Waals surface area (Å²) >= 11 is 0. The second-order valence-corrected chi connectivity index (χ2v) is 16.1. The third-order valence-electron chi connectivity index (χ3n) is 12.4. The van der Waals surface area contributed by atoms with E-state index in [4.69, 9.17) is 4.42 Å². The van der Waals surface area contributed by atoms with Gasteiger partial charge in [0.1, 0.15) is 11.2 Å². The summed E-state index contributed by atoms with van der Waals surface area (Å²) in [6.45, 7) is 0. The first kappa shape index (κ1) is 38.5. The summed E-state index contributed by atoms with van der Waals surface area (Å²) in [6.07, 6.45) is 0. The van der Waals surface area contributed by atoms with Crippen LogP contribution < -0.4 is 4.90 Å². The second kappa shape index (κ2) is 16.1. The van der Waals surface area contributed by atoms with Gasteiger partial charge in [-0.05, 0) is 129 Å². The number of hydrogen-bond donors (Lipinski definition) is 0. The molecule has 304 valence electrons. The molecule has 0 aliphatic carbocycles. The lowest BCUT2D eigenvalue weighted by Crippen LogP contribution is -2.09. The summed E-state index contributed by atoms with van der Waals surface area (Å²) in [5.74, 6) is 0. The van der Waals surface area contributed by atoms with E-state index >= 15 is 0 Å². The summed E-state index contributed by atoms with van der Waals surface area (Å²) in [7, 11) is 0. The van der Waals surface area contributed by atoms with Crippen molar-refractivity contribution in [3.63, 3.8) is 0 Å². The largest absolute Gasteiger partial charge is 0.456 e. The van der Waals surface area contributed by atoms with E-state index in [2.05, 4.69) is 252 Å². The predicted molar refractivity (Wildman–Crippen MR) is 271 cm³/mol. The minimum absolute atomic E-state index is 0. The Kier molecular flexibility index (Phi) is 9.71. The van der Waals surface area contributed by atoms with Gasteiger partial charge >= 0.3 is 0 Å². The van der Waals surface area contributed by atoms with E-state index in [1.54, 1.807) is 0 Å². The lowest BCUT2D eigenvalue weighted by molar-refractivity contribution is 0.669. The fourth-order valence-corrected chi connectivity index (χ4v) is 9.36. The number of furan rings is 1. The first-order valence-corrected chi connectivity index (χ1v) is 21.5. The van der Waals surface area contributed by atoms with Crippen LogP contribution in [0.2, 0.25) is 0 Å². The zero-order chi connectivity index (χ0) is 41.7. The monoisotopic (exact) mass is 820 g/mol. The van der Waals surface area contributed by atoms with Crippen LogP contribution in [-0.4, -0.2) is 4.57 Å². The van der Waals surface area contributed by atoms with E-state index in [0.717, 1.165) is 61.4 Å². The van der Waals surface area contributed by atoms with Gasteiger partial charge in [0.2, 0.25) is 0 Å². The quantitative estimate of drug-likeness (QED) is 0.152. The van der Waals surface area contributed by atoms with Crippen molar-refractivity contribution in [1.29, 1.82) is 0 Å². The van der Waals surface area contributed by atoms with Crippen LogP contribution >= 0.6 is 0 Å². The molecule has 12 aromatic rings. The van der Waals surface area contributed by atoms with E-state index in [9.17, 15) is 0 Å². The van der Waals surface area contributed by atoms with Crippen molar-refractivity contribution in [2.45, 2.75) is 7.43 Å². The summed E-state index contributed by atoms with van der Waals surface area (Å²) < 4.78 is 8.90. The minimum atomic E-state index is 0. The maximum absolute atomic E-state index is 6.53. The molecule has 0 aliphatic heterocycles. The first-order valence-electron chi connectivity index (χ1n) is 21.5. The highest BCUT2D eigenvalue weighted by Gasteiger charge is 2.18.